The van der Waals surface area contributed by atoms with Gasteiger partial charge in [0.15, 0.2) is 0 Å². The fraction of sp³-hybridized carbons (Fsp3) is 0.455. The lowest BCUT2D eigenvalue weighted by molar-refractivity contribution is -0.958. The number of aliphatic hydroxyl groups is 1. The molecule has 1 fully saturated rings. The quantitative estimate of drug-likeness (QED) is 0.580. The Bertz CT molecular complexity index is 299. The van der Waals surface area contributed by atoms with Crippen molar-refractivity contribution in [2.45, 2.75) is 19.0 Å². The zero-order valence-electron chi connectivity index (χ0n) is 8.10. The number of nitrogens with zero attached hydrogens (tertiary/aromatic N) is 1. The van der Waals surface area contributed by atoms with E-state index in [0.717, 1.165) is 12.0 Å². The Morgan fingerprint density at radius 3 is 2.57 bits per heavy atom. The lowest BCUT2D eigenvalue weighted by Gasteiger charge is -2.55. The number of aliphatic hydroxyl groups excluding tert-OH is 1. The average Bonchev–Trinajstić information content (AvgIpc) is 2.18. The summed E-state index contributed by atoms with van der Waals surface area (Å²) in [5, 5.41) is 21.1. The van der Waals surface area contributed by atoms with Crippen LogP contribution in [0.5, 0.6) is 0 Å². The summed E-state index contributed by atoms with van der Waals surface area (Å²) in [7, 11) is 0. The maximum atomic E-state index is 12.1. The van der Waals surface area contributed by atoms with Gasteiger partial charge >= 0.3 is 0 Å². The lowest BCUT2D eigenvalue weighted by atomic mass is 10.0. The predicted molar refractivity (Wildman–Crippen MR) is 54.1 cm³/mol. The number of rotatable bonds is 3. The zero-order valence-corrected chi connectivity index (χ0v) is 8.10. The van der Waals surface area contributed by atoms with Gasteiger partial charge in [-0.2, -0.15) is 0 Å². The Morgan fingerprint density at radius 2 is 2.07 bits per heavy atom. The summed E-state index contributed by atoms with van der Waals surface area (Å²) in [6, 6.07) is 9.65. The number of likely N-dealkylation sites (tertiary alicyclic amines) is 1. The Hall–Kier alpha value is -0.900. The van der Waals surface area contributed by atoms with Gasteiger partial charge in [0.05, 0.1) is 19.6 Å². The van der Waals surface area contributed by atoms with Gasteiger partial charge in [0, 0.05) is 5.56 Å². The monoisotopic (exact) mass is 193 g/mol. The summed E-state index contributed by atoms with van der Waals surface area (Å²) >= 11 is 0. The molecule has 0 radical (unpaired) electrons. The molecule has 2 unspecified atom stereocenters. The topological polar surface area (TPSA) is 43.3 Å². The van der Waals surface area contributed by atoms with E-state index in [1.165, 1.54) is 0 Å². The molecule has 1 aliphatic heterocycles. The van der Waals surface area contributed by atoms with Gasteiger partial charge in [-0.15, -0.1) is 0 Å². The molecular weight excluding hydrogens is 178 g/mol. The molecule has 3 heteroatoms. The lowest BCUT2D eigenvalue weighted by Crippen LogP contribution is -2.61. The van der Waals surface area contributed by atoms with Crippen molar-refractivity contribution in [3.8, 4) is 0 Å². The number of benzene rings is 1. The minimum absolute atomic E-state index is 0.0103. The Morgan fingerprint density at radius 1 is 1.36 bits per heavy atom. The fourth-order valence-electron chi connectivity index (χ4n) is 1.94. The fourth-order valence-corrected chi connectivity index (χ4v) is 1.94. The molecule has 1 saturated heterocycles. The van der Waals surface area contributed by atoms with Crippen molar-refractivity contribution in [1.29, 1.82) is 0 Å². The first-order chi connectivity index (χ1) is 6.74. The standard InChI is InChI=1S/C11H15NO2/c13-9-11-6-7-12(11,14)8-10-4-2-1-3-5-10/h1-5,11,13H,6-9H2. The molecule has 0 aliphatic carbocycles. The summed E-state index contributed by atoms with van der Waals surface area (Å²) in [6.07, 6.45) is 0.854. The van der Waals surface area contributed by atoms with E-state index < -0.39 is 0 Å². The summed E-state index contributed by atoms with van der Waals surface area (Å²) in [6.45, 7) is 1.14. The van der Waals surface area contributed by atoms with Crippen LogP contribution in [0, 0.1) is 5.21 Å². The summed E-state index contributed by atoms with van der Waals surface area (Å²) < 4.78 is -0.249. The number of hydrogen-bond acceptors (Lipinski definition) is 2. The van der Waals surface area contributed by atoms with Gasteiger partial charge in [-0.25, -0.2) is 0 Å². The SMILES string of the molecule is [O-][N+]1(Cc2ccccc2)CCC1CO. The first-order valence-corrected chi connectivity index (χ1v) is 4.97. The first-order valence-electron chi connectivity index (χ1n) is 4.97. The predicted octanol–water partition coefficient (Wildman–Crippen LogP) is 1.27. The van der Waals surface area contributed by atoms with Crippen LogP contribution in [0.1, 0.15) is 12.0 Å². The van der Waals surface area contributed by atoms with E-state index >= 15 is 0 Å². The van der Waals surface area contributed by atoms with Gasteiger partial charge in [-0.1, -0.05) is 30.3 Å². The van der Waals surface area contributed by atoms with E-state index in [1.807, 2.05) is 30.3 Å². The average molecular weight is 193 g/mol. The van der Waals surface area contributed by atoms with Crippen LogP contribution in [-0.4, -0.2) is 28.9 Å². The van der Waals surface area contributed by atoms with Crippen LogP contribution in [0.4, 0.5) is 0 Å². The highest BCUT2D eigenvalue weighted by Gasteiger charge is 2.38. The van der Waals surface area contributed by atoms with Crippen LogP contribution in [0.2, 0.25) is 0 Å². The Labute approximate surface area is 83.8 Å². The smallest absolute Gasteiger partial charge is 0.118 e. The first kappa shape index (κ1) is 9.65. The summed E-state index contributed by atoms with van der Waals surface area (Å²) in [5.74, 6) is 0. The molecule has 14 heavy (non-hydrogen) atoms. The van der Waals surface area contributed by atoms with Gasteiger partial charge < -0.3 is 15.0 Å². The van der Waals surface area contributed by atoms with Crippen molar-refractivity contribution in [3.05, 3.63) is 41.1 Å². The van der Waals surface area contributed by atoms with Crippen LogP contribution in [-0.2, 0) is 6.54 Å². The highest BCUT2D eigenvalue weighted by molar-refractivity contribution is 5.13. The van der Waals surface area contributed by atoms with E-state index in [1.54, 1.807) is 0 Å². The third-order valence-electron chi connectivity index (χ3n) is 3.01. The molecule has 3 nitrogen and oxygen atoms in total. The molecule has 1 heterocycles. The van der Waals surface area contributed by atoms with E-state index in [4.69, 9.17) is 5.11 Å². The molecule has 1 N–H and O–H groups in total. The number of hydroxylamine groups is 3. The van der Waals surface area contributed by atoms with Crippen LogP contribution in [0.15, 0.2) is 30.3 Å². The molecule has 2 atom stereocenters. The summed E-state index contributed by atoms with van der Waals surface area (Å²) in [5.41, 5.74) is 1.06. The molecule has 0 spiro atoms. The molecule has 0 aromatic heterocycles. The highest BCUT2D eigenvalue weighted by Crippen LogP contribution is 2.29. The zero-order chi connectivity index (χ0) is 10.0. The third-order valence-corrected chi connectivity index (χ3v) is 3.01. The number of hydrogen-bond donors (Lipinski definition) is 1. The van der Waals surface area contributed by atoms with Gasteiger partial charge in [-0.3, -0.25) is 0 Å². The summed E-state index contributed by atoms with van der Waals surface area (Å²) in [4.78, 5) is 0. The molecule has 1 aromatic rings. The third kappa shape index (κ3) is 1.66. The normalized spacial score (nSPS) is 31.1. The molecule has 0 bridgehead atoms. The molecule has 2 rings (SSSR count). The van der Waals surface area contributed by atoms with E-state index in [-0.39, 0.29) is 17.3 Å². The second-order valence-corrected chi connectivity index (χ2v) is 3.94. The van der Waals surface area contributed by atoms with Crippen LogP contribution >= 0.6 is 0 Å². The maximum absolute atomic E-state index is 12.1. The minimum atomic E-state index is -0.249. The van der Waals surface area contributed by atoms with Crippen molar-refractivity contribution in [2.75, 3.05) is 13.2 Å². The Balaban J connectivity index is 2.04. The van der Waals surface area contributed by atoms with E-state index in [0.29, 0.717) is 13.1 Å². The van der Waals surface area contributed by atoms with E-state index in [2.05, 4.69) is 0 Å². The van der Waals surface area contributed by atoms with Crippen molar-refractivity contribution >= 4 is 0 Å². The highest BCUT2D eigenvalue weighted by atomic mass is 16.6. The van der Waals surface area contributed by atoms with Crippen LogP contribution < -0.4 is 0 Å². The number of quaternary nitrogens is 1. The Kier molecular flexibility index (Phi) is 2.54. The molecule has 0 amide bonds. The van der Waals surface area contributed by atoms with Crippen molar-refractivity contribution in [1.82, 2.24) is 0 Å². The van der Waals surface area contributed by atoms with Crippen molar-refractivity contribution < 1.29 is 9.75 Å². The second-order valence-electron chi connectivity index (χ2n) is 3.94. The second kappa shape index (κ2) is 3.69. The van der Waals surface area contributed by atoms with Gasteiger partial charge in [0.25, 0.3) is 0 Å². The molecular formula is C11H15NO2. The van der Waals surface area contributed by atoms with Gasteiger partial charge in [-0.05, 0) is 0 Å². The van der Waals surface area contributed by atoms with E-state index in [9.17, 15) is 5.21 Å². The van der Waals surface area contributed by atoms with Crippen LogP contribution in [0.3, 0.4) is 0 Å². The van der Waals surface area contributed by atoms with Gasteiger partial charge in [0.2, 0.25) is 0 Å². The van der Waals surface area contributed by atoms with Gasteiger partial charge in [0.1, 0.15) is 12.6 Å². The maximum Gasteiger partial charge on any atom is 0.118 e. The van der Waals surface area contributed by atoms with Crippen molar-refractivity contribution in [3.63, 3.8) is 0 Å². The molecule has 1 aliphatic rings. The molecule has 76 valence electrons. The van der Waals surface area contributed by atoms with Crippen molar-refractivity contribution in [2.24, 2.45) is 0 Å². The molecule has 0 saturated carbocycles. The van der Waals surface area contributed by atoms with Crippen LogP contribution in [0.25, 0.3) is 0 Å². The largest absolute Gasteiger partial charge is 0.632 e. The minimum Gasteiger partial charge on any atom is -0.632 e. The molecule has 1 aromatic carbocycles.